The average Bonchev–Trinajstić information content (AvgIpc) is 2.74. The maximum atomic E-state index is 6.01. The summed E-state index contributed by atoms with van der Waals surface area (Å²) in [5.74, 6) is 0.499. The molecule has 0 amide bonds. The van der Waals surface area contributed by atoms with Crippen LogP contribution in [0, 0.1) is 0 Å². The minimum atomic E-state index is 0.446. The van der Waals surface area contributed by atoms with Crippen LogP contribution in [0.4, 0.5) is 5.69 Å². The van der Waals surface area contributed by atoms with Crippen LogP contribution >= 0.6 is 34.5 Å². The summed E-state index contributed by atoms with van der Waals surface area (Å²) in [7, 11) is 0. The highest BCUT2D eigenvalue weighted by molar-refractivity contribution is 7.09. The molecule has 0 aliphatic heterocycles. The third kappa shape index (κ3) is 3.28. The quantitative estimate of drug-likeness (QED) is 0.853. The van der Waals surface area contributed by atoms with Crippen molar-refractivity contribution in [2.75, 3.05) is 12.3 Å². The second kappa shape index (κ2) is 5.63. The van der Waals surface area contributed by atoms with Crippen molar-refractivity contribution in [3.05, 3.63) is 44.6 Å². The zero-order valence-electron chi connectivity index (χ0n) is 8.95. The minimum Gasteiger partial charge on any atom is -0.490 e. The molecule has 2 nitrogen and oxygen atoms in total. The monoisotopic (exact) mass is 287 g/mol. The number of nitrogen functional groups attached to an aromatic ring is 1. The fraction of sp³-hybridized carbons (Fsp3) is 0.167. The van der Waals surface area contributed by atoms with Crippen molar-refractivity contribution in [3.8, 4) is 5.75 Å². The second-order valence-electron chi connectivity index (χ2n) is 3.49. The Morgan fingerprint density at radius 1 is 1.24 bits per heavy atom. The van der Waals surface area contributed by atoms with Gasteiger partial charge in [0.1, 0.15) is 0 Å². The van der Waals surface area contributed by atoms with Gasteiger partial charge in [-0.3, -0.25) is 0 Å². The Balaban J connectivity index is 1.99. The van der Waals surface area contributed by atoms with Gasteiger partial charge in [0, 0.05) is 17.0 Å². The fourth-order valence-electron chi connectivity index (χ4n) is 1.43. The van der Waals surface area contributed by atoms with Crippen molar-refractivity contribution in [1.82, 2.24) is 0 Å². The smallest absolute Gasteiger partial charge is 0.156 e. The molecule has 2 N–H and O–H groups in total. The summed E-state index contributed by atoms with van der Waals surface area (Å²) in [4.78, 5) is 1.27. The van der Waals surface area contributed by atoms with Gasteiger partial charge in [0.05, 0.1) is 16.7 Å². The van der Waals surface area contributed by atoms with Gasteiger partial charge in [-0.15, -0.1) is 11.3 Å². The van der Waals surface area contributed by atoms with Crippen molar-refractivity contribution >= 4 is 40.2 Å². The highest BCUT2D eigenvalue weighted by atomic mass is 35.5. The predicted molar refractivity (Wildman–Crippen MR) is 74.4 cm³/mol. The molecule has 2 rings (SSSR count). The lowest BCUT2D eigenvalue weighted by molar-refractivity contribution is 0.323. The average molecular weight is 288 g/mol. The number of halogens is 2. The van der Waals surface area contributed by atoms with E-state index in [0.717, 1.165) is 6.42 Å². The molecule has 0 bridgehead atoms. The van der Waals surface area contributed by atoms with Crippen molar-refractivity contribution in [2.45, 2.75) is 6.42 Å². The molecule has 0 saturated heterocycles. The summed E-state index contributed by atoms with van der Waals surface area (Å²) >= 11 is 13.7. The molecule has 5 heteroatoms. The van der Waals surface area contributed by atoms with E-state index in [9.17, 15) is 0 Å². The molecule has 0 fully saturated rings. The van der Waals surface area contributed by atoms with Gasteiger partial charge >= 0.3 is 0 Å². The lowest BCUT2D eigenvalue weighted by atomic mass is 10.3. The van der Waals surface area contributed by atoms with E-state index in [1.54, 1.807) is 23.5 Å². The predicted octanol–water partition coefficient (Wildman–Crippen LogP) is 4.26. The molecule has 17 heavy (non-hydrogen) atoms. The van der Waals surface area contributed by atoms with Crippen LogP contribution in [0.2, 0.25) is 10.0 Å². The highest BCUT2D eigenvalue weighted by Crippen LogP contribution is 2.35. The van der Waals surface area contributed by atoms with Crippen LogP contribution in [0.25, 0.3) is 0 Å². The van der Waals surface area contributed by atoms with Crippen molar-refractivity contribution in [2.24, 2.45) is 0 Å². The van der Waals surface area contributed by atoms with Gasteiger partial charge < -0.3 is 10.5 Å². The minimum absolute atomic E-state index is 0.446. The maximum Gasteiger partial charge on any atom is 0.156 e. The molecule has 1 aromatic heterocycles. The van der Waals surface area contributed by atoms with E-state index in [1.807, 2.05) is 11.4 Å². The largest absolute Gasteiger partial charge is 0.490 e. The van der Waals surface area contributed by atoms with Crippen LogP contribution < -0.4 is 10.5 Å². The number of rotatable bonds is 4. The SMILES string of the molecule is Nc1cc(Cl)c(OCCc2cccs2)c(Cl)c1. The van der Waals surface area contributed by atoms with Crippen LogP contribution in [0.1, 0.15) is 4.88 Å². The van der Waals surface area contributed by atoms with Crippen LogP contribution in [0.3, 0.4) is 0 Å². The zero-order valence-corrected chi connectivity index (χ0v) is 11.3. The van der Waals surface area contributed by atoms with E-state index in [-0.39, 0.29) is 0 Å². The molecule has 0 atom stereocenters. The van der Waals surface area contributed by atoms with Crippen LogP contribution in [-0.4, -0.2) is 6.61 Å². The van der Waals surface area contributed by atoms with E-state index < -0.39 is 0 Å². The maximum absolute atomic E-state index is 6.01. The van der Waals surface area contributed by atoms with Crippen LogP contribution in [0.5, 0.6) is 5.75 Å². The Labute approximate surface area is 114 Å². The first-order chi connectivity index (χ1) is 8.16. The number of nitrogens with two attached hydrogens (primary N) is 1. The number of thiophene rings is 1. The summed E-state index contributed by atoms with van der Waals surface area (Å²) in [6, 6.07) is 7.35. The van der Waals surface area contributed by atoms with E-state index in [0.29, 0.717) is 28.1 Å². The first-order valence-electron chi connectivity index (χ1n) is 5.06. The van der Waals surface area contributed by atoms with E-state index in [4.69, 9.17) is 33.7 Å². The van der Waals surface area contributed by atoms with E-state index in [2.05, 4.69) is 6.07 Å². The Morgan fingerprint density at radius 3 is 2.53 bits per heavy atom. The molecular formula is C12H11Cl2NOS. The molecule has 0 aliphatic rings. The Hall–Kier alpha value is -0.900. The Morgan fingerprint density at radius 2 is 1.94 bits per heavy atom. The van der Waals surface area contributed by atoms with Gasteiger partial charge in [-0.05, 0) is 23.6 Å². The van der Waals surface area contributed by atoms with E-state index in [1.165, 1.54) is 4.88 Å². The summed E-state index contributed by atoms with van der Waals surface area (Å²) < 4.78 is 5.58. The first-order valence-corrected chi connectivity index (χ1v) is 6.70. The van der Waals surface area contributed by atoms with Gasteiger partial charge in [0.2, 0.25) is 0 Å². The third-order valence-electron chi connectivity index (χ3n) is 2.20. The Kier molecular flexibility index (Phi) is 4.15. The van der Waals surface area contributed by atoms with Gasteiger partial charge in [0.15, 0.2) is 5.75 Å². The first kappa shape index (κ1) is 12.6. The summed E-state index contributed by atoms with van der Waals surface area (Å²) in [6.07, 6.45) is 0.842. The van der Waals surface area contributed by atoms with Crippen LogP contribution in [0.15, 0.2) is 29.6 Å². The van der Waals surface area contributed by atoms with Crippen molar-refractivity contribution in [1.29, 1.82) is 0 Å². The topological polar surface area (TPSA) is 35.2 Å². The molecule has 1 heterocycles. The Bertz CT molecular complexity index is 476. The molecule has 0 radical (unpaired) electrons. The molecule has 0 aliphatic carbocycles. The number of hydrogen-bond acceptors (Lipinski definition) is 3. The zero-order chi connectivity index (χ0) is 12.3. The molecule has 1 aromatic carbocycles. The second-order valence-corrected chi connectivity index (χ2v) is 5.34. The molecule has 2 aromatic rings. The summed E-state index contributed by atoms with van der Waals surface area (Å²) in [6.45, 7) is 0.546. The normalized spacial score (nSPS) is 10.5. The highest BCUT2D eigenvalue weighted by Gasteiger charge is 2.08. The van der Waals surface area contributed by atoms with Gasteiger partial charge in [-0.1, -0.05) is 29.3 Å². The molecule has 90 valence electrons. The van der Waals surface area contributed by atoms with Gasteiger partial charge in [-0.25, -0.2) is 0 Å². The summed E-state index contributed by atoms with van der Waals surface area (Å²) in [5.41, 5.74) is 6.14. The van der Waals surface area contributed by atoms with Gasteiger partial charge in [0.25, 0.3) is 0 Å². The van der Waals surface area contributed by atoms with Gasteiger partial charge in [-0.2, -0.15) is 0 Å². The number of benzene rings is 1. The van der Waals surface area contributed by atoms with Crippen LogP contribution in [-0.2, 0) is 6.42 Å². The van der Waals surface area contributed by atoms with E-state index >= 15 is 0 Å². The molecular weight excluding hydrogens is 277 g/mol. The molecule has 0 unspecified atom stereocenters. The standard InChI is InChI=1S/C12H11Cl2NOS/c13-10-6-8(15)7-11(14)12(10)16-4-3-9-2-1-5-17-9/h1-2,5-7H,3-4,15H2. The number of ether oxygens (including phenoxy) is 1. The third-order valence-corrected chi connectivity index (χ3v) is 3.69. The number of anilines is 1. The number of hydrogen-bond donors (Lipinski definition) is 1. The summed E-state index contributed by atoms with van der Waals surface area (Å²) in [5, 5.41) is 2.93. The molecule has 0 saturated carbocycles. The lowest BCUT2D eigenvalue weighted by Gasteiger charge is -2.10. The van der Waals surface area contributed by atoms with Crippen molar-refractivity contribution in [3.63, 3.8) is 0 Å². The lowest BCUT2D eigenvalue weighted by Crippen LogP contribution is -2.01. The molecule has 0 spiro atoms. The fourth-order valence-corrected chi connectivity index (χ4v) is 2.73. The van der Waals surface area contributed by atoms with Crippen molar-refractivity contribution < 1.29 is 4.74 Å².